The van der Waals surface area contributed by atoms with Crippen LogP contribution in [0.3, 0.4) is 0 Å². The smallest absolute Gasteiger partial charge is 0.335 e. The maximum absolute atomic E-state index is 12.3. The third kappa shape index (κ3) is 4.59. The number of hydrogen-bond acceptors (Lipinski definition) is 4. The Kier molecular flexibility index (Phi) is 5.96. The van der Waals surface area contributed by atoms with Crippen LogP contribution in [0.15, 0.2) is 36.0 Å². The lowest BCUT2D eigenvalue weighted by Crippen LogP contribution is -2.30. The Bertz CT molecular complexity index is 685. The molecule has 0 spiro atoms. The van der Waals surface area contributed by atoms with Crippen LogP contribution in [0, 0.1) is 11.3 Å². The number of nitrogens with zero attached hydrogens (tertiary/aromatic N) is 2. The summed E-state index contributed by atoms with van der Waals surface area (Å²) in [6, 6.07) is 8.21. The summed E-state index contributed by atoms with van der Waals surface area (Å²) in [5.41, 5.74) is 0.430. The van der Waals surface area contributed by atoms with Crippen LogP contribution in [0.2, 0.25) is 0 Å². The van der Waals surface area contributed by atoms with Crippen molar-refractivity contribution >= 4 is 17.6 Å². The van der Waals surface area contributed by atoms with Crippen molar-refractivity contribution in [3.8, 4) is 6.07 Å². The zero-order valence-corrected chi connectivity index (χ0v) is 13.7. The highest BCUT2D eigenvalue weighted by atomic mass is 16.4. The van der Waals surface area contributed by atoms with E-state index in [2.05, 4.69) is 5.32 Å². The van der Waals surface area contributed by atoms with Gasteiger partial charge in [0.15, 0.2) is 0 Å². The fraction of sp³-hybridized carbons (Fsp3) is 0.389. The molecule has 0 saturated heterocycles. The van der Waals surface area contributed by atoms with Crippen molar-refractivity contribution in [3.63, 3.8) is 0 Å². The van der Waals surface area contributed by atoms with Crippen LogP contribution in [0.5, 0.6) is 0 Å². The molecule has 1 fully saturated rings. The number of aromatic carboxylic acids is 1. The molecule has 0 heterocycles. The van der Waals surface area contributed by atoms with Crippen LogP contribution in [0.4, 0.5) is 5.69 Å². The number of carbonyl (C=O) groups excluding carboxylic acids is 1. The van der Waals surface area contributed by atoms with Crippen LogP contribution >= 0.6 is 0 Å². The fourth-order valence-corrected chi connectivity index (χ4v) is 2.86. The molecule has 2 rings (SSSR count). The lowest BCUT2D eigenvalue weighted by Gasteiger charge is -2.30. The van der Waals surface area contributed by atoms with E-state index in [-0.39, 0.29) is 11.1 Å². The van der Waals surface area contributed by atoms with E-state index in [4.69, 9.17) is 5.11 Å². The standard InChI is InChI=1S/C18H21N3O3/c1-21(16-8-3-2-4-9-16)12-14(11-19)17(22)20-15-7-5-6-13(10-15)18(23)24/h5-7,10,12,16H,2-4,8-9H2,1H3,(H,20,22)(H,23,24)/b14-12-. The average molecular weight is 327 g/mol. The molecule has 0 unspecified atom stereocenters. The van der Waals surface area contributed by atoms with Gasteiger partial charge >= 0.3 is 5.97 Å². The lowest BCUT2D eigenvalue weighted by molar-refractivity contribution is -0.112. The minimum absolute atomic E-state index is 0.00352. The minimum atomic E-state index is -1.07. The van der Waals surface area contributed by atoms with E-state index in [0.717, 1.165) is 12.8 Å². The molecule has 0 aliphatic heterocycles. The van der Waals surface area contributed by atoms with E-state index in [1.54, 1.807) is 18.3 Å². The molecule has 24 heavy (non-hydrogen) atoms. The van der Waals surface area contributed by atoms with Crippen molar-refractivity contribution < 1.29 is 14.7 Å². The van der Waals surface area contributed by atoms with Gasteiger partial charge < -0.3 is 15.3 Å². The van der Waals surface area contributed by atoms with Crippen molar-refractivity contribution in [2.45, 2.75) is 38.1 Å². The van der Waals surface area contributed by atoms with Crippen molar-refractivity contribution in [2.24, 2.45) is 0 Å². The molecule has 6 heteroatoms. The topological polar surface area (TPSA) is 93.4 Å². The first-order chi connectivity index (χ1) is 11.5. The zero-order chi connectivity index (χ0) is 17.5. The van der Waals surface area contributed by atoms with Gasteiger partial charge in [-0.15, -0.1) is 0 Å². The SMILES string of the molecule is CN(/C=C(/C#N)C(=O)Nc1cccc(C(=O)O)c1)C1CCCCC1. The van der Waals surface area contributed by atoms with Gasteiger partial charge in [-0.1, -0.05) is 25.3 Å². The number of hydrogen-bond donors (Lipinski definition) is 2. The Morgan fingerprint density at radius 2 is 2.04 bits per heavy atom. The number of nitrogens with one attached hydrogen (secondary N) is 1. The number of rotatable bonds is 5. The molecule has 0 bridgehead atoms. The summed E-state index contributed by atoms with van der Waals surface area (Å²) in [5.74, 6) is -1.61. The van der Waals surface area contributed by atoms with Gasteiger partial charge in [-0.3, -0.25) is 4.79 Å². The molecule has 6 nitrogen and oxygen atoms in total. The molecule has 1 aliphatic carbocycles. The first-order valence-corrected chi connectivity index (χ1v) is 8.00. The van der Waals surface area contributed by atoms with Crippen molar-refractivity contribution in [1.82, 2.24) is 4.90 Å². The number of carbonyl (C=O) groups is 2. The van der Waals surface area contributed by atoms with Crippen molar-refractivity contribution in [3.05, 3.63) is 41.6 Å². The summed E-state index contributed by atoms with van der Waals surface area (Å²) >= 11 is 0. The summed E-state index contributed by atoms with van der Waals surface area (Å²) in [6.07, 6.45) is 7.27. The molecular weight excluding hydrogens is 306 g/mol. The summed E-state index contributed by atoms with van der Waals surface area (Å²) < 4.78 is 0. The maximum Gasteiger partial charge on any atom is 0.335 e. The second kappa shape index (κ2) is 8.16. The Hall–Kier alpha value is -2.81. The molecule has 1 amide bonds. The summed E-state index contributed by atoms with van der Waals surface area (Å²) in [7, 11) is 1.88. The highest BCUT2D eigenvalue weighted by molar-refractivity contribution is 6.06. The van der Waals surface area contributed by atoms with Crippen molar-refractivity contribution in [2.75, 3.05) is 12.4 Å². The van der Waals surface area contributed by atoms with Gasteiger partial charge in [0.1, 0.15) is 11.6 Å². The summed E-state index contributed by atoms with van der Waals surface area (Å²) in [5, 5.41) is 20.8. The lowest BCUT2D eigenvalue weighted by atomic mass is 9.94. The van der Waals surface area contributed by atoms with E-state index >= 15 is 0 Å². The predicted molar refractivity (Wildman–Crippen MR) is 90.4 cm³/mol. The second-order valence-electron chi connectivity index (χ2n) is 5.95. The maximum atomic E-state index is 12.3. The molecule has 1 saturated carbocycles. The Labute approximate surface area is 141 Å². The Morgan fingerprint density at radius 3 is 2.67 bits per heavy atom. The normalized spacial score (nSPS) is 15.4. The van der Waals surface area contributed by atoms with Crippen LogP contribution in [-0.4, -0.2) is 35.0 Å². The van der Waals surface area contributed by atoms with Gasteiger partial charge in [0.05, 0.1) is 5.56 Å². The second-order valence-corrected chi connectivity index (χ2v) is 5.95. The Balaban J connectivity index is 2.08. The molecule has 126 valence electrons. The van der Waals surface area contributed by atoms with Crippen LogP contribution < -0.4 is 5.32 Å². The van der Waals surface area contributed by atoms with Gasteiger partial charge in [0, 0.05) is 25.0 Å². The average Bonchev–Trinajstić information content (AvgIpc) is 2.60. The molecule has 1 aromatic rings. The van der Waals surface area contributed by atoms with Crippen LogP contribution in [-0.2, 0) is 4.79 Å². The number of carboxylic acids is 1. The first-order valence-electron chi connectivity index (χ1n) is 8.00. The van der Waals surface area contributed by atoms with Gasteiger partial charge in [-0.2, -0.15) is 5.26 Å². The quantitative estimate of drug-likeness (QED) is 0.640. The van der Waals surface area contributed by atoms with Gasteiger partial charge in [-0.25, -0.2) is 4.79 Å². The largest absolute Gasteiger partial charge is 0.478 e. The minimum Gasteiger partial charge on any atom is -0.478 e. The highest BCUT2D eigenvalue weighted by Crippen LogP contribution is 2.22. The highest BCUT2D eigenvalue weighted by Gasteiger charge is 2.18. The Morgan fingerprint density at radius 1 is 1.33 bits per heavy atom. The van der Waals surface area contributed by atoms with E-state index in [0.29, 0.717) is 11.7 Å². The number of amides is 1. The molecular formula is C18H21N3O3. The van der Waals surface area contributed by atoms with Gasteiger partial charge in [0.25, 0.3) is 5.91 Å². The monoisotopic (exact) mass is 327 g/mol. The molecule has 0 atom stereocenters. The summed E-state index contributed by atoms with van der Waals surface area (Å²) in [4.78, 5) is 25.2. The fourth-order valence-electron chi connectivity index (χ4n) is 2.86. The summed E-state index contributed by atoms with van der Waals surface area (Å²) in [6.45, 7) is 0. The molecule has 0 aromatic heterocycles. The van der Waals surface area contributed by atoms with Crippen LogP contribution in [0.25, 0.3) is 0 Å². The third-order valence-electron chi connectivity index (χ3n) is 4.22. The molecule has 1 aliphatic rings. The zero-order valence-electron chi connectivity index (χ0n) is 13.7. The van der Waals surface area contributed by atoms with E-state index in [9.17, 15) is 14.9 Å². The van der Waals surface area contributed by atoms with Crippen molar-refractivity contribution in [1.29, 1.82) is 5.26 Å². The van der Waals surface area contributed by atoms with E-state index in [1.807, 2.05) is 18.0 Å². The number of benzene rings is 1. The third-order valence-corrected chi connectivity index (χ3v) is 4.22. The molecule has 0 radical (unpaired) electrons. The van der Waals surface area contributed by atoms with Gasteiger partial charge in [-0.05, 0) is 31.0 Å². The van der Waals surface area contributed by atoms with Crippen LogP contribution in [0.1, 0.15) is 42.5 Å². The number of anilines is 1. The van der Waals surface area contributed by atoms with E-state index in [1.165, 1.54) is 31.4 Å². The predicted octanol–water partition coefficient (Wildman–Crippen LogP) is 3.00. The number of carboxylic acid groups (broad SMARTS) is 1. The first kappa shape index (κ1) is 17.5. The van der Waals surface area contributed by atoms with E-state index < -0.39 is 11.9 Å². The van der Waals surface area contributed by atoms with Gasteiger partial charge in [0.2, 0.25) is 0 Å². The molecule has 1 aromatic carbocycles. The number of nitriles is 1. The molecule has 2 N–H and O–H groups in total.